The summed E-state index contributed by atoms with van der Waals surface area (Å²) in [7, 11) is 2.95. The highest BCUT2D eigenvalue weighted by atomic mass is 16.5. The topological polar surface area (TPSA) is 82.5 Å². The number of hydrogen-bond acceptors (Lipinski definition) is 5. The number of amides is 1. The fourth-order valence-corrected chi connectivity index (χ4v) is 3.07. The van der Waals surface area contributed by atoms with E-state index in [1.165, 1.54) is 7.11 Å². The number of benzene rings is 2. The van der Waals surface area contributed by atoms with Crippen molar-refractivity contribution < 1.29 is 19.1 Å². The highest BCUT2D eigenvalue weighted by molar-refractivity contribution is 5.81. The van der Waals surface area contributed by atoms with Crippen LogP contribution in [-0.2, 0) is 27.3 Å². The molecule has 0 fully saturated rings. The lowest BCUT2D eigenvalue weighted by molar-refractivity contribution is -0.141. The maximum Gasteiger partial charge on any atom is 0.325 e. The molecule has 1 amide bonds. The van der Waals surface area contributed by atoms with Crippen LogP contribution in [0, 0.1) is 0 Å². The number of methoxy groups -OCH3 is 2. The van der Waals surface area contributed by atoms with Crippen LogP contribution in [0.25, 0.3) is 11.0 Å². The number of para-hydroxylation sites is 2. The lowest BCUT2D eigenvalue weighted by Gasteiger charge is -2.16. The molecule has 0 radical (unpaired) electrons. The Morgan fingerprint density at radius 1 is 1.11 bits per heavy atom. The molecule has 0 aliphatic rings. The predicted molar refractivity (Wildman–Crippen MR) is 105 cm³/mol. The molecule has 1 unspecified atom stereocenters. The second-order valence-electron chi connectivity index (χ2n) is 6.44. The van der Waals surface area contributed by atoms with Gasteiger partial charge < -0.3 is 19.4 Å². The van der Waals surface area contributed by atoms with Crippen LogP contribution in [0.4, 0.5) is 0 Å². The first-order chi connectivity index (χ1) is 13.5. The van der Waals surface area contributed by atoms with E-state index >= 15 is 0 Å². The van der Waals surface area contributed by atoms with E-state index in [2.05, 4.69) is 10.3 Å². The maximum absolute atomic E-state index is 12.5. The molecule has 0 bridgehead atoms. The molecular weight excluding hydrogens is 358 g/mol. The molecule has 3 aromatic rings. The Morgan fingerprint density at radius 3 is 2.50 bits per heavy atom. The highest BCUT2D eigenvalue weighted by Gasteiger charge is 2.20. The molecular formula is C21H23N3O4. The smallest absolute Gasteiger partial charge is 0.325 e. The molecule has 0 saturated heterocycles. The van der Waals surface area contributed by atoms with E-state index in [0.29, 0.717) is 5.82 Å². The van der Waals surface area contributed by atoms with E-state index < -0.39 is 0 Å². The van der Waals surface area contributed by atoms with Crippen molar-refractivity contribution in [3.63, 3.8) is 0 Å². The van der Waals surface area contributed by atoms with Gasteiger partial charge in [-0.05, 0) is 36.8 Å². The fraction of sp³-hybridized carbons (Fsp3) is 0.286. The van der Waals surface area contributed by atoms with E-state index in [9.17, 15) is 9.59 Å². The largest absolute Gasteiger partial charge is 0.497 e. The number of carbonyl (C=O) groups excluding carboxylic acids is 2. The fourth-order valence-electron chi connectivity index (χ4n) is 3.07. The van der Waals surface area contributed by atoms with E-state index in [4.69, 9.17) is 9.47 Å². The first kappa shape index (κ1) is 19.4. The summed E-state index contributed by atoms with van der Waals surface area (Å²) < 4.78 is 11.7. The summed E-state index contributed by atoms with van der Waals surface area (Å²) in [5, 5.41) is 2.96. The molecule has 1 N–H and O–H groups in total. The molecule has 1 aromatic heterocycles. The van der Waals surface area contributed by atoms with Crippen LogP contribution in [0.3, 0.4) is 0 Å². The number of carbonyl (C=O) groups is 2. The number of aromatic nitrogens is 2. The first-order valence-corrected chi connectivity index (χ1v) is 8.96. The third-order valence-corrected chi connectivity index (χ3v) is 4.49. The number of ether oxygens (including phenoxy) is 2. The minimum absolute atomic E-state index is 0.0328. The Bertz CT molecular complexity index is 979. The quantitative estimate of drug-likeness (QED) is 0.636. The standard InChI is InChI=1S/C21H23N3O4/c1-14(22-19(25)12-15-8-10-16(27-2)11-9-15)21-23-17-6-4-5-7-18(17)24(21)13-20(26)28-3/h4-11,14H,12-13H2,1-3H3,(H,22,25). The molecule has 0 saturated carbocycles. The van der Waals surface area contributed by atoms with Gasteiger partial charge in [0.1, 0.15) is 18.1 Å². The number of rotatable bonds is 7. The molecule has 28 heavy (non-hydrogen) atoms. The summed E-state index contributed by atoms with van der Waals surface area (Å²) in [6.45, 7) is 1.88. The van der Waals surface area contributed by atoms with E-state index in [-0.39, 0.29) is 30.9 Å². The molecule has 2 aromatic carbocycles. The van der Waals surface area contributed by atoms with E-state index in [1.54, 1.807) is 11.7 Å². The molecule has 0 aliphatic heterocycles. The lowest BCUT2D eigenvalue weighted by atomic mass is 10.1. The zero-order chi connectivity index (χ0) is 20.1. The molecule has 0 spiro atoms. The normalized spacial score (nSPS) is 11.8. The van der Waals surface area contributed by atoms with Crippen molar-refractivity contribution in [3.05, 3.63) is 59.9 Å². The first-order valence-electron chi connectivity index (χ1n) is 8.96. The van der Waals surface area contributed by atoms with Crippen LogP contribution < -0.4 is 10.1 Å². The number of nitrogens with zero attached hydrogens (tertiary/aromatic N) is 2. The molecule has 7 nitrogen and oxygen atoms in total. The summed E-state index contributed by atoms with van der Waals surface area (Å²) >= 11 is 0. The van der Waals surface area contributed by atoms with Gasteiger partial charge >= 0.3 is 5.97 Å². The van der Waals surface area contributed by atoms with Crippen molar-refractivity contribution in [2.45, 2.75) is 25.9 Å². The van der Waals surface area contributed by atoms with Crippen LogP contribution >= 0.6 is 0 Å². The Kier molecular flexibility index (Phi) is 5.93. The zero-order valence-corrected chi connectivity index (χ0v) is 16.1. The van der Waals surface area contributed by atoms with Gasteiger partial charge in [0.05, 0.1) is 37.7 Å². The number of esters is 1. The van der Waals surface area contributed by atoms with Crippen LogP contribution in [0.2, 0.25) is 0 Å². The summed E-state index contributed by atoms with van der Waals surface area (Å²) in [5.74, 6) is 0.847. The average Bonchev–Trinajstić information content (AvgIpc) is 3.07. The molecule has 3 rings (SSSR count). The third-order valence-electron chi connectivity index (χ3n) is 4.49. The number of nitrogens with one attached hydrogen (secondary N) is 1. The lowest BCUT2D eigenvalue weighted by Crippen LogP contribution is -2.30. The maximum atomic E-state index is 12.5. The van der Waals surface area contributed by atoms with Gasteiger partial charge in [-0.25, -0.2) is 4.98 Å². The molecule has 0 aliphatic carbocycles. The molecule has 7 heteroatoms. The second-order valence-corrected chi connectivity index (χ2v) is 6.44. The van der Waals surface area contributed by atoms with Crippen molar-refractivity contribution in [1.29, 1.82) is 0 Å². The molecule has 146 valence electrons. The van der Waals surface area contributed by atoms with Crippen LogP contribution in [-0.4, -0.2) is 35.6 Å². The zero-order valence-electron chi connectivity index (χ0n) is 16.1. The minimum atomic E-state index is -0.374. The summed E-state index contributed by atoms with van der Waals surface area (Å²) in [5.41, 5.74) is 2.46. The van der Waals surface area contributed by atoms with Gasteiger partial charge in [-0.15, -0.1) is 0 Å². The molecule has 1 heterocycles. The Balaban J connectivity index is 1.78. The van der Waals surface area contributed by atoms with Crippen molar-refractivity contribution in [2.75, 3.05) is 14.2 Å². The van der Waals surface area contributed by atoms with Crippen LogP contribution in [0.1, 0.15) is 24.4 Å². The SMILES string of the molecule is COC(=O)Cn1c(C(C)NC(=O)Cc2ccc(OC)cc2)nc2ccccc21. The third kappa shape index (κ3) is 4.31. The summed E-state index contributed by atoms with van der Waals surface area (Å²) in [6.07, 6.45) is 0.242. The summed E-state index contributed by atoms with van der Waals surface area (Å²) in [6, 6.07) is 14.5. The van der Waals surface area contributed by atoms with Crippen molar-refractivity contribution in [3.8, 4) is 5.75 Å². The Hall–Kier alpha value is -3.35. The molecule has 1 atom stereocenters. The number of imidazole rings is 1. The second kappa shape index (κ2) is 8.56. The van der Waals surface area contributed by atoms with Crippen molar-refractivity contribution in [2.24, 2.45) is 0 Å². The van der Waals surface area contributed by atoms with Gasteiger partial charge in [0.2, 0.25) is 5.91 Å². The van der Waals surface area contributed by atoms with Gasteiger partial charge in [-0.3, -0.25) is 9.59 Å². The van der Waals surface area contributed by atoms with E-state index in [1.807, 2.05) is 55.5 Å². The Labute approximate surface area is 163 Å². The average molecular weight is 381 g/mol. The number of hydrogen-bond donors (Lipinski definition) is 1. The minimum Gasteiger partial charge on any atom is -0.497 e. The van der Waals surface area contributed by atoms with Crippen LogP contribution in [0.15, 0.2) is 48.5 Å². The highest BCUT2D eigenvalue weighted by Crippen LogP contribution is 2.21. The van der Waals surface area contributed by atoms with Gasteiger partial charge in [0.25, 0.3) is 0 Å². The summed E-state index contributed by atoms with van der Waals surface area (Å²) in [4.78, 5) is 28.9. The van der Waals surface area contributed by atoms with Crippen LogP contribution in [0.5, 0.6) is 5.75 Å². The number of fused-ring (bicyclic) bond motifs is 1. The monoisotopic (exact) mass is 381 g/mol. The predicted octanol–water partition coefficient (Wildman–Crippen LogP) is 2.64. The van der Waals surface area contributed by atoms with Gasteiger partial charge in [0.15, 0.2) is 0 Å². The van der Waals surface area contributed by atoms with Crippen molar-refractivity contribution >= 4 is 22.9 Å². The van der Waals surface area contributed by atoms with Gasteiger partial charge in [-0.1, -0.05) is 24.3 Å². The van der Waals surface area contributed by atoms with Gasteiger partial charge in [0, 0.05) is 0 Å². The van der Waals surface area contributed by atoms with Crippen molar-refractivity contribution in [1.82, 2.24) is 14.9 Å². The van der Waals surface area contributed by atoms with E-state index in [0.717, 1.165) is 22.3 Å². The van der Waals surface area contributed by atoms with Gasteiger partial charge in [-0.2, -0.15) is 0 Å². The Morgan fingerprint density at radius 2 is 1.82 bits per heavy atom.